The molecule has 0 aliphatic carbocycles. The van der Waals surface area contributed by atoms with Crippen molar-refractivity contribution in [1.82, 2.24) is 4.98 Å². The molecule has 3 rings (SSSR count). The number of benzene rings is 1. The van der Waals surface area contributed by atoms with E-state index < -0.39 is 0 Å². The second kappa shape index (κ2) is 4.48. The van der Waals surface area contributed by atoms with Crippen LogP contribution in [-0.4, -0.2) is 4.98 Å². The van der Waals surface area contributed by atoms with Gasteiger partial charge in [0.05, 0.1) is 18.2 Å². The fourth-order valence-corrected chi connectivity index (χ4v) is 2.39. The second-order valence-corrected chi connectivity index (χ2v) is 6.37. The van der Waals surface area contributed by atoms with Gasteiger partial charge in [0.25, 0.3) is 0 Å². The van der Waals surface area contributed by atoms with Gasteiger partial charge in [-0.2, -0.15) is 0 Å². The lowest BCUT2D eigenvalue weighted by Crippen LogP contribution is -2.11. The van der Waals surface area contributed by atoms with Gasteiger partial charge < -0.3 is 4.42 Å². The smallest absolute Gasteiger partial charge is 0.152 e. The van der Waals surface area contributed by atoms with Crippen molar-refractivity contribution in [2.75, 3.05) is 0 Å². The second-order valence-electron chi connectivity index (χ2n) is 6.37. The zero-order valence-corrected chi connectivity index (χ0v) is 12.4. The van der Waals surface area contributed by atoms with Crippen LogP contribution in [0.4, 0.5) is 0 Å². The van der Waals surface area contributed by atoms with Gasteiger partial charge >= 0.3 is 0 Å². The molecule has 0 fully saturated rings. The molecule has 20 heavy (non-hydrogen) atoms. The first-order valence-corrected chi connectivity index (χ1v) is 6.89. The fraction of sp³-hybridized carbons (Fsp3) is 0.278. The average molecular weight is 265 g/mol. The number of hydrogen-bond acceptors (Lipinski definition) is 2. The Kier molecular flexibility index (Phi) is 2.89. The molecule has 0 spiro atoms. The number of aryl methyl sites for hydroxylation is 1. The molecule has 0 atom stereocenters. The van der Waals surface area contributed by atoms with Crippen LogP contribution in [0.2, 0.25) is 0 Å². The molecule has 0 bridgehead atoms. The molecule has 0 saturated carbocycles. The van der Waals surface area contributed by atoms with Crippen molar-refractivity contribution in [2.24, 2.45) is 0 Å². The summed E-state index contributed by atoms with van der Waals surface area (Å²) in [5, 5.41) is 1.09. The van der Waals surface area contributed by atoms with Crippen LogP contribution in [-0.2, 0) is 5.41 Å². The molecule has 2 aromatic heterocycles. The number of rotatable bonds is 1. The molecule has 102 valence electrons. The van der Waals surface area contributed by atoms with E-state index in [9.17, 15) is 0 Å². The molecular weight excluding hydrogens is 246 g/mol. The first kappa shape index (κ1) is 12.9. The van der Waals surface area contributed by atoms with Crippen molar-refractivity contribution >= 4 is 11.0 Å². The van der Waals surface area contributed by atoms with E-state index in [1.54, 1.807) is 12.5 Å². The third kappa shape index (κ3) is 2.34. The highest BCUT2D eigenvalue weighted by Crippen LogP contribution is 2.29. The van der Waals surface area contributed by atoms with Crippen LogP contribution in [0.25, 0.3) is 22.2 Å². The van der Waals surface area contributed by atoms with Gasteiger partial charge in [-0.1, -0.05) is 32.4 Å². The maximum Gasteiger partial charge on any atom is 0.152 e. The predicted octanol–water partition coefficient (Wildman–Crippen LogP) is 5.10. The Labute approximate surface area is 119 Å². The first-order valence-electron chi connectivity index (χ1n) is 6.89. The summed E-state index contributed by atoms with van der Waals surface area (Å²) in [6, 6.07) is 10.7. The van der Waals surface area contributed by atoms with Gasteiger partial charge in [0, 0.05) is 10.9 Å². The standard InChI is InChI=1S/C18H19NO/c1-12-7-14(9-15(8-12)18(2,3)4)16-10-13-5-6-20-17(13)11-19-16/h5-11H,1-4H3. The highest BCUT2D eigenvalue weighted by atomic mass is 16.3. The molecule has 2 heterocycles. The van der Waals surface area contributed by atoms with Crippen LogP contribution in [0, 0.1) is 6.92 Å². The van der Waals surface area contributed by atoms with Crippen LogP contribution < -0.4 is 0 Å². The minimum atomic E-state index is 0.139. The van der Waals surface area contributed by atoms with E-state index in [1.165, 1.54) is 11.1 Å². The third-order valence-electron chi connectivity index (χ3n) is 3.58. The summed E-state index contributed by atoms with van der Waals surface area (Å²) in [6.45, 7) is 8.84. The van der Waals surface area contributed by atoms with Gasteiger partial charge in [-0.3, -0.25) is 4.98 Å². The predicted molar refractivity (Wildman–Crippen MR) is 82.9 cm³/mol. The Hall–Kier alpha value is -2.09. The molecule has 0 N–H and O–H groups in total. The van der Waals surface area contributed by atoms with E-state index in [2.05, 4.69) is 56.9 Å². The molecule has 1 aromatic carbocycles. The minimum Gasteiger partial charge on any atom is -0.463 e. The fourth-order valence-electron chi connectivity index (χ4n) is 2.39. The molecule has 0 aliphatic heterocycles. The Balaban J connectivity index is 2.15. The molecular formula is C18H19NO. The van der Waals surface area contributed by atoms with Crippen LogP contribution in [0.5, 0.6) is 0 Å². The lowest BCUT2D eigenvalue weighted by Gasteiger charge is -2.20. The van der Waals surface area contributed by atoms with Crippen molar-refractivity contribution in [3.8, 4) is 11.3 Å². The molecule has 2 heteroatoms. The van der Waals surface area contributed by atoms with Crippen molar-refractivity contribution in [2.45, 2.75) is 33.1 Å². The molecule has 3 aromatic rings. The maximum atomic E-state index is 5.35. The van der Waals surface area contributed by atoms with Crippen LogP contribution >= 0.6 is 0 Å². The van der Waals surface area contributed by atoms with E-state index in [0.717, 1.165) is 22.2 Å². The highest BCUT2D eigenvalue weighted by Gasteiger charge is 2.15. The molecule has 0 saturated heterocycles. The minimum absolute atomic E-state index is 0.139. The molecule has 0 amide bonds. The average Bonchev–Trinajstić information content (AvgIpc) is 2.84. The summed E-state index contributed by atoms with van der Waals surface area (Å²) in [6.07, 6.45) is 3.50. The number of furan rings is 1. The lowest BCUT2D eigenvalue weighted by atomic mass is 9.85. The Morgan fingerprint density at radius 2 is 1.85 bits per heavy atom. The molecule has 2 nitrogen and oxygen atoms in total. The summed E-state index contributed by atoms with van der Waals surface area (Å²) in [7, 11) is 0. The van der Waals surface area contributed by atoms with Crippen LogP contribution in [0.15, 0.2) is 47.2 Å². The highest BCUT2D eigenvalue weighted by molar-refractivity contribution is 5.81. The van der Waals surface area contributed by atoms with Crippen molar-refractivity contribution in [3.05, 3.63) is 53.9 Å². The number of hydrogen-bond donors (Lipinski definition) is 0. The first-order chi connectivity index (χ1) is 9.43. The number of nitrogens with zero attached hydrogens (tertiary/aromatic N) is 1. The van der Waals surface area contributed by atoms with Crippen LogP contribution in [0.1, 0.15) is 31.9 Å². The van der Waals surface area contributed by atoms with Gasteiger partial charge in [0.1, 0.15) is 0 Å². The summed E-state index contributed by atoms with van der Waals surface area (Å²) in [5.41, 5.74) is 5.73. The van der Waals surface area contributed by atoms with Crippen molar-refractivity contribution in [1.29, 1.82) is 0 Å². The molecule has 0 aliphatic rings. The molecule has 0 radical (unpaired) electrons. The van der Waals surface area contributed by atoms with Crippen LogP contribution in [0.3, 0.4) is 0 Å². The zero-order chi connectivity index (χ0) is 14.3. The lowest BCUT2D eigenvalue weighted by molar-refractivity contribution is 0.590. The number of aromatic nitrogens is 1. The third-order valence-corrected chi connectivity index (χ3v) is 3.58. The summed E-state index contributed by atoms with van der Waals surface area (Å²) in [5.74, 6) is 0. The SMILES string of the molecule is Cc1cc(-c2cc3ccoc3cn2)cc(C(C)(C)C)c1. The van der Waals surface area contributed by atoms with E-state index in [-0.39, 0.29) is 5.41 Å². The Morgan fingerprint density at radius 3 is 2.60 bits per heavy atom. The number of pyridine rings is 1. The zero-order valence-electron chi connectivity index (χ0n) is 12.4. The van der Waals surface area contributed by atoms with Crippen molar-refractivity contribution < 1.29 is 4.42 Å². The Bertz CT molecular complexity index is 762. The van der Waals surface area contributed by atoms with E-state index in [4.69, 9.17) is 4.42 Å². The van der Waals surface area contributed by atoms with E-state index >= 15 is 0 Å². The van der Waals surface area contributed by atoms with Gasteiger partial charge in [-0.05, 0) is 42.2 Å². The van der Waals surface area contributed by atoms with Gasteiger partial charge in [0.2, 0.25) is 0 Å². The summed E-state index contributed by atoms with van der Waals surface area (Å²) in [4.78, 5) is 4.52. The van der Waals surface area contributed by atoms with Gasteiger partial charge in [0.15, 0.2) is 5.58 Å². The monoisotopic (exact) mass is 265 g/mol. The van der Waals surface area contributed by atoms with Gasteiger partial charge in [-0.25, -0.2) is 0 Å². The largest absolute Gasteiger partial charge is 0.463 e. The summed E-state index contributed by atoms with van der Waals surface area (Å²) >= 11 is 0. The quantitative estimate of drug-likeness (QED) is 0.611. The van der Waals surface area contributed by atoms with Gasteiger partial charge in [-0.15, -0.1) is 0 Å². The Morgan fingerprint density at radius 1 is 1.05 bits per heavy atom. The van der Waals surface area contributed by atoms with E-state index in [0.29, 0.717) is 0 Å². The molecule has 0 unspecified atom stereocenters. The van der Waals surface area contributed by atoms with Crippen molar-refractivity contribution in [3.63, 3.8) is 0 Å². The normalized spacial score (nSPS) is 12.0. The van der Waals surface area contributed by atoms with E-state index in [1.807, 2.05) is 6.07 Å². The summed E-state index contributed by atoms with van der Waals surface area (Å²) < 4.78 is 5.35. The number of fused-ring (bicyclic) bond motifs is 1. The maximum absolute atomic E-state index is 5.35. The topological polar surface area (TPSA) is 26.0 Å².